The quantitative estimate of drug-likeness (QED) is 0.490. The number of H-pyrrole nitrogens is 1. The summed E-state index contributed by atoms with van der Waals surface area (Å²) in [5.41, 5.74) is 6.74. The number of para-hydroxylation sites is 1. The number of rotatable bonds is 1. The zero-order valence-electron chi connectivity index (χ0n) is 12.8. The molecule has 2 aromatic carbocycles. The summed E-state index contributed by atoms with van der Waals surface area (Å²) in [5, 5.41) is 5.60. The van der Waals surface area contributed by atoms with Crippen LogP contribution in [0.2, 0.25) is 5.02 Å². The molecule has 116 valence electrons. The number of aromatic amines is 1. The maximum absolute atomic E-state index is 6.23. The van der Waals surface area contributed by atoms with Crippen LogP contribution in [-0.4, -0.2) is 9.97 Å². The standard InChI is InChI=1S/C20H14ClN3/c21-13-5-3-4-12(10-13)19-16-11-23-20-18(16)15(8-9-22-20)14-6-1-2-7-17(14)24-19/h1-11,19,24H,(H,22,23). The highest BCUT2D eigenvalue weighted by Gasteiger charge is 2.25. The topological polar surface area (TPSA) is 40.7 Å². The minimum absolute atomic E-state index is 0.0176. The third kappa shape index (κ3) is 1.95. The van der Waals surface area contributed by atoms with Crippen molar-refractivity contribution in [2.75, 3.05) is 5.32 Å². The van der Waals surface area contributed by atoms with Gasteiger partial charge in [-0.2, -0.15) is 0 Å². The van der Waals surface area contributed by atoms with E-state index < -0.39 is 0 Å². The van der Waals surface area contributed by atoms with Crippen LogP contribution in [0.25, 0.3) is 22.2 Å². The van der Waals surface area contributed by atoms with E-state index in [1.165, 1.54) is 22.1 Å². The van der Waals surface area contributed by atoms with Crippen LogP contribution >= 0.6 is 11.6 Å². The molecule has 3 heterocycles. The van der Waals surface area contributed by atoms with Crippen molar-refractivity contribution in [3.8, 4) is 11.1 Å². The summed E-state index contributed by atoms with van der Waals surface area (Å²) < 4.78 is 0. The fourth-order valence-corrected chi connectivity index (χ4v) is 3.76. The molecule has 0 bridgehead atoms. The molecule has 4 aromatic rings. The van der Waals surface area contributed by atoms with Crippen LogP contribution in [0.15, 0.2) is 67.0 Å². The van der Waals surface area contributed by atoms with Crippen LogP contribution in [-0.2, 0) is 0 Å². The van der Waals surface area contributed by atoms with Gasteiger partial charge in [0.2, 0.25) is 0 Å². The lowest BCUT2D eigenvalue weighted by atomic mass is 9.97. The summed E-state index contributed by atoms with van der Waals surface area (Å²) in [4.78, 5) is 7.80. The number of nitrogens with zero attached hydrogens (tertiary/aromatic N) is 1. The van der Waals surface area contributed by atoms with Crippen molar-refractivity contribution >= 4 is 28.3 Å². The molecule has 0 amide bonds. The van der Waals surface area contributed by atoms with Gasteiger partial charge in [0.05, 0.1) is 6.04 Å². The highest BCUT2D eigenvalue weighted by molar-refractivity contribution is 6.30. The van der Waals surface area contributed by atoms with Gasteiger partial charge in [0.25, 0.3) is 0 Å². The monoisotopic (exact) mass is 331 g/mol. The van der Waals surface area contributed by atoms with Crippen molar-refractivity contribution < 1.29 is 0 Å². The Kier molecular flexibility index (Phi) is 2.91. The molecule has 0 saturated carbocycles. The van der Waals surface area contributed by atoms with Crippen LogP contribution in [0, 0.1) is 0 Å². The van der Waals surface area contributed by atoms with Gasteiger partial charge in [-0.25, -0.2) is 4.98 Å². The second kappa shape index (κ2) is 5.11. The summed E-state index contributed by atoms with van der Waals surface area (Å²) in [6.45, 7) is 0. The van der Waals surface area contributed by atoms with Gasteiger partial charge >= 0.3 is 0 Å². The molecule has 0 saturated heterocycles. The molecule has 2 aromatic heterocycles. The highest BCUT2D eigenvalue weighted by Crippen LogP contribution is 2.43. The summed E-state index contributed by atoms with van der Waals surface area (Å²) >= 11 is 6.23. The van der Waals surface area contributed by atoms with Crippen molar-refractivity contribution in [2.24, 2.45) is 0 Å². The van der Waals surface area contributed by atoms with Gasteiger partial charge in [0.15, 0.2) is 0 Å². The first kappa shape index (κ1) is 13.6. The minimum Gasteiger partial charge on any atom is -0.374 e. The molecule has 0 spiro atoms. The maximum atomic E-state index is 6.23. The molecule has 2 N–H and O–H groups in total. The number of anilines is 1. The van der Waals surface area contributed by atoms with Gasteiger partial charge in [-0.15, -0.1) is 0 Å². The molecule has 1 aliphatic rings. The maximum Gasteiger partial charge on any atom is 0.138 e. The molecule has 0 fully saturated rings. The third-order valence-corrected chi connectivity index (χ3v) is 4.85. The molecule has 0 aliphatic carbocycles. The summed E-state index contributed by atoms with van der Waals surface area (Å²) in [7, 11) is 0. The number of nitrogens with one attached hydrogen (secondary N) is 2. The van der Waals surface area contributed by atoms with Crippen LogP contribution in [0.4, 0.5) is 5.69 Å². The zero-order valence-corrected chi connectivity index (χ0v) is 13.5. The fraction of sp³-hybridized carbons (Fsp3) is 0.0500. The Bertz CT molecular complexity index is 1070. The van der Waals surface area contributed by atoms with Gasteiger partial charge in [-0.05, 0) is 35.4 Å². The smallest absolute Gasteiger partial charge is 0.138 e. The van der Waals surface area contributed by atoms with E-state index in [0.29, 0.717) is 0 Å². The van der Waals surface area contributed by atoms with E-state index in [0.717, 1.165) is 21.9 Å². The van der Waals surface area contributed by atoms with Gasteiger partial charge in [0, 0.05) is 39.6 Å². The van der Waals surface area contributed by atoms with E-state index in [9.17, 15) is 0 Å². The molecule has 1 unspecified atom stereocenters. The molecule has 24 heavy (non-hydrogen) atoms. The van der Waals surface area contributed by atoms with Crippen molar-refractivity contribution in [1.29, 1.82) is 0 Å². The van der Waals surface area contributed by atoms with Crippen molar-refractivity contribution in [3.63, 3.8) is 0 Å². The number of benzene rings is 2. The Morgan fingerprint density at radius 1 is 0.958 bits per heavy atom. The van der Waals surface area contributed by atoms with E-state index >= 15 is 0 Å². The second-order valence-electron chi connectivity index (χ2n) is 6.00. The second-order valence-corrected chi connectivity index (χ2v) is 6.44. The molecular formula is C20H14ClN3. The first-order chi connectivity index (χ1) is 11.8. The number of hydrogen-bond acceptors (Lipinski definition) is 2. The highest BCUT2D eigenvalue weighted by atomic mass is 35.5. The van der Waals surface area contributed by atoms with Crippen LogP contribution < -0.4 is 5.32 Å². The van der Waals surface area contributed by atoms with Crippen molar-refractivity contribution in [2.45, 2.75) is 6.04 Å². The molecule has 1 aliphatic heterocycles. The lowest BCUT2D eigenvalue weighted by Gasteiger charge is -2.19. The molecule has 3 nitrogen and oxygen atoms in total. The summed E-state index contributed by atoms with van der Waals surface area (Å²) in [6.07, 6.45) is 3.90. The molecule has 0 radical (unpaired) electrons. The Balaban J connectivity index is 1.85. The van der Waals surface area contributed by atoms with E-state index in [2.05, 4.69) is 51.7 Å². The Hall–Kier alpha value is -2.78. The first-order valence-corrected chi connectivity index (χ1v) is 8.26. The van der Waals surface area contributed by atoms with Crippen LogP contribution in [0.1, 0.15) is 17.2 Å². The number of pyridine rings is 1. The average molecular weight is 332 g/mol. The van der Waals surface area contributed by atoms with Crippen LogP contribution in [0.5, 0.6) is 0 Å². The third-order valence-electron chi connectivity index (χ3n) is 4.61. The van der Waals surface area contributed by atoms with Crippen LogP contribution in [0.3, 0.4) is 0 Å². The SMILES string of the molecule is Clc1cccc(C2Nc3ccccc3-c3ccnc4[nH]cc2c34)c1. The molecule has 4 heteroatoms. The molecular weight excluding hydrogens is 318 g/mol. The fourth-order valence-electron chi connectivity index (χ4n) is 3.56. The molecule has 1 atom stereocenters. The lowest BCUT2D eigenvalue weighted by Crippen LogP contribution is -2.11. The number of hydrogen-bond donors (Lipinski definition) is 2. The van der Waals surface area contributed by atoms with Gasteiger partial charge in [-0.3, -0.25) is 0 Å². The minimum atomic E-state index is 0.0176. The predicted octanol–water partition coefficient (Wildman–Crippen LogP) is 5.40. The number of aromatic nitrogens is 2. The van der Waals surface area contributed by atoms with E-state index in [1.807, 2.05) is 30.6 Å². The lowest BCUT2D eigenvalue weighted by molar-refractivity contribution is 0.953. The predicted molar refractivity (Wildman–Crippen MR) is 98.4 cm³/mol. The van der Waals surface area contributed by atoms with Crippen molar-refractivity contribution in [3.05, 3.63) is 83.1 Å². The van der Waals surface area contributed by atoms with Gasteiger partial charge in [-0.1, -0.05) is 41.9 Å². The first-order valence-electron chi connectivity index (χ1n) is 7.88. The summed E-state index contributed by atoms with van der Waals surface area (Å²) in [6, 6.07) is 18.5. The van der Waals surface area contributed by atoms with Gasteiger partial charge in [0.1, 0.15) is 5.65 Å². The molecule has 5 rings (SSSR count). The number of halogens is 1. The van der Waals surface area contributed by atoms with E-state index in [-0.39, 0.29) is 6.04 Å². The average Bonchev–Trinajstić information content (AvgIpc) is 2.97. The Morgan fingerprint density at radius 2 is 1.88 bits per heavy atom. The van der Waals surface area contributed by atoms with Crippen molar-refractivity contribution in [1.82, 2.24) is 9.97 Å². The van der Waals surface area contributed by atoms with Gasteiger partial charge < -0.3 is 10.3 Å². The number of fused-ring (bicyclic) bond motifs is 2. The zero-order chi connectivity index (χ0) is 16.1. The normalized spacial score (nSPS) is 15.6. The Morgan fingerprint density at radius 3 is 2.79 bits per heavy atom. The largest absolute Gasteiger partial charge is 0.374 e. The van der Waals surface area contributed by atoms with E-state index in [4.69, 9.17) is 11.6 Å². The Labute approximate surface area is 144 Å². The summed E-state index contributed by atoms with van der Waals surface area (Å²) in [5.74, 6) is 0. The van der Waals surface area contributed by atoms with E-state index in [1.54, 1.807) is 0 Å².